The molecule has 0 amide bonds. The fourth-order valence-electron chi connectivity index (χ4n) is 3.32. The number of ketones is 2. The Labute approximate surface area is 170 Å². The summed E-state index contributed by atoms with van der Waals surface area (Å²) >= 11 is 6.82. The highest BCUT2D eigenvalue weighted by Gasteiger charge is 2.34. The number of benzene rings is 2. The van der Waals surface area contributed by atoms with Gasteiger partial charge in [0.25, 0.3) is 0 Å². The van der Waals surface area contributed by atoms with Crippen molar-refractivity contribution in [2.24, 2.45) is 0 Å². The van der Waals surface area contributed by atoms with Gasteiger partial charge in [0.15, 0.2) is 0 Å². The minimum absolute atomic E-state index is 0.182. The molecule has 26 heavy (non-hydrogen) atoms. The molecule has 2 nitrogen and oxygen atoms in total. The van der Waals surface area contributed by atoms with Crippen molar-refractivity contribution in [1.29, 1.82) is 0 Å². The van der Waals surface area contributed by atoms with E-state index in [9.17, 15) is 9.59 Å². The van der Waals surface area contributed by atoms with Gasteiger partial charge in [0, 0.05) is 11.1 Å². The molecule has 2 aromatic carbocycles. The van der Waals surface area contributed by atoms with Crippen molar-refractivity contribution < 1.29 is 9.59 Å². The van der Waals surface area contributed by atoms with E-state index in [4.69, 9.17) is 0 Å². The summed E-state index contributed by atoms with van der Waals surface area (Å²) in [5.74, 6) is -0.364. The largest absolute Gasteiger partial charge is 0.288 e. The van der Waals surface area contributed by atoms with Crippen LogP contribution in [0.5, 0.6) is 0 Å². The normalized spacial score (nSPS) is 15.2. The summed E-state index contributed by atoms with van der Waals surface area (Å²) in [6.07, 6.45) is 0. The van der Waals surface area contributed by atoms with Gasteiger partial charge in [-0.15, -0.1) is 0 Å². The van der Waals surface area contributed by atoms with Crippen molar-refractivity contribution in [3.05, 3.63) is 78.7 Å². The molecular weight excluding hydrogens is 456 g/mol. The minimum Gasteiger partial charge on any atom is -0.288 e. The Morgan fingerprint density at radius 1 is 0.615 bits per heavy atom. The van der Waals surface area contributed by atoms with Crippen molar-refractivity contribution in [3.8, 4) is 0 Å². The first-order valence-electron chi connectivity index (χ1n) is 8.26. The first kappa shape index (κ1) is 19.0. The van der Waals surface area contributed by atoms with E-state index < -0.39 is 0 Å². The molecule has 0 heterocycles. The van der Waals surface area contributed by atoms with Gasteiger partial charge in [-0.1, -0.05) is 47.5 Å². The molecule has 4 heteroatoms. The Bertz CT molecular complexity index is 943. The van der Waals surface area contributed by atoms with Crippen molar-refractivity contribution in [3.63, 3.8) is 0 Å². The first-order valence-corrected chi connectivity index (χ1v) is 9.85. The molecule has 0 aromatic heterocycles. The lowest BCUT2D eigenvalue weighted by Crippen LogP contribution is -2.19. The van der Waals surface area contributed by atoms with Crippen molar-refractivity contribution >= 4 is 54.6 Å². The Morgan fingerprint density at radius 2 is 0.962 bits per heavy atom. The van der Waals surface area contributed by atoms with Gasteiger partial charge >= 0.3 is 0 Å². The average molecular weight is 474 g/mol. The Kier molecular flexibility index (Phi) is 5.18. The highest BCUT2D eigenvalue weighted by molar-refractivity contribution is 9.12. The third kappa shape index (κ3) is 3.17. The number of hydrogen-bond acceptors (Lipinski definition) is 2. The molecule has 0 radical (unpaired) electrons. The van der Waals surface area contributed by atoms with Gasteiger partial charge in [-0.2, -0.15) is 0 Å². The lowest BCUT2D eigenvalue weighted by Gasteiger charge is -2.21. The van der Waals surface area contributed by atoms with E-state index >= 15 is 0 Å². The van der Waals surface area contributed by atoms with Crippen LogP contribution in [-0.2, 0) is 9.59 Å². The summed E-state index contributed by atoms with van der Waals surface area (Å²) in [5, 5.41) is 0. The maximum atomic E-state index is 13.1. The smallest absolute Gasteiger partial charge is 0.202 e. The lowest BCUT2D eigenvalue weighted by molar-refractivity contribution is -0.113. The van der Waals surface area contributed by atoms with Crippen LogP contribution in [0.3, 0.4) is 0 Å². The Morgan fingerprint density at radius 3 is 1.27 bits per heavy atom. The van der Waals surface area contributed by atoms with E-state index in [1.165, 1.54) is 0 Å². The van der Waals surface area contributed by atoms with Crippen molar-refractivity contribution in [2.45, 2.75) is 27.7 Å². The van der Waals surface area contributed by atoms with E-state index in [2.05, 4.69) is 31.9 Å². The van der Waals surface area contributed by atoms with Crippen LogP contribution >= 0.6 is 31.9 Å². The third-order valence-corrected chi connectivity index (χ3v) is 6.11. The van der Waals surface area contributed by atoms with Crippen LogP contribution in [0, 0.1) is 27.7 Å². The molecule has 0 aliphatic heterocycles. The number of aryl methyl sites for hydroxylation is 4. The van der Waals surface area contributed by atoms with E-state index in [-0.39, 0.29) is 11.6 Å². The molecule has 0 bridgehead atoms. The monoisotopic (exact) mass is 472 g/mol. The molecular formula is C22H18Br2O2. The van der Waals surface area contributed by atoms with Crippen LogP contribution in [0.4, 0.5) is 0 Å². The second kappa shape index (κ2) is 7.09. The number of halogens is 2. The van der Waals surface area contributed by atoms with E-state index in [0.29, 0.717) is 20.1 Å². The molecule has 3 rings (SSSR count). The van der Waals surface area contributed by atoms with Gasteiger partial charge < -0.3 is 0 Å². The fourth-order valence-corrected chi connectivity index (χ4v) is 4.50. The first-order chi connectivity index (χ1) is 12.2. The zero-order valence-corrected chi connectivity index (χ0v) is 18.2. The zero-order valence-electron chi connectivity index (χ0n) is 15.0. The molecule has 132 valence electrons. The van der Waals surface area contributed by atoms with Crippen LogP contribution in [-0.4, -0.2) is 11.6 Å². The predicted molar refractivity (Wildman–Crippen MR) is 114 cm³/mol. The quantitative estimate of drug-likeness (QED) is 0.502. The lowest BCUT2D eigenvalue weighted by atomic mass is 9.85. The number of hydrogen-bond donors (Lipinski definition) is 0. The predicted octanol–water partition coefficient (Wildman–Crippen LogP) is 5.98. The highest BCUT2D eigenvalue weighted by atomic mass is 79.9. The Balaban J connectivity index is 2.19. The van der Waals surface area contributed by atoms with Crippen LogP contribution in [0.15, 0.2) is 45.4 Å². The Hall–Kier alpha value is -1.78. The standard InChI is InChI=1S/C22H18Br2O2/c1-11-5-7-15(13(3)9-11)17-19(23)22(26)18(20(24)21(17)25)16-8-6-12(2)10-14(16)4/h5-10H,1-4H3. The molecule has 0 saturated heterocycles. The summed E-state index contributed by atoms with van der Waals surface area (Å²) < 4.78 is 0.625. The van der Waals surface area contributed by atoms with Crippen molar-refractivity contribution in [2.75, 3.05) is 0 Å². The number of Topliss-reactive ketones (excluding diaryl/α,β-unsaturated/α-hetero) is 2. The van der Waals surface area contributed by atoms with Gasteiger partial charge in [-0.25, -0.2) is 0 Å². The molecule has 0 saturated carbocycles. The molecule has 0 fully saturated rings. The fraction of sp³-hybridized carbons (Fsp3) is 0.182. The maximum absolute atomic E-state index is 13.1. The summed E-state index contributed by atoms with van der Waals surface area (Å²) in [4.78, 5) is 26.3. The molecule has 1 aliphatic carbocycles. The van der Waals surface area contributed by atoms with E-state index in [1.807, 2.05) is 64.1 Å². The SMILES string of the molecule is Cc1ccc(C2=C(Br)C(=O)C(c3ccc(C)cc3C)=C(Br)C2=O)c(C)c1. The van der Waals surface area contributed by atoms with Gasteiger partial charge in [-0.05, 0) is 81.8 Å². The van der Waals surface area contributed by atoms with E-state index in [0.717, 1.165) is 33.4 Å². The van der Waals surface area contributed by atoms with Crippen LogP contribution in [0.1, 0.15) is 33.4 Å². The molecule has 2 aromatic rings. The second-order valence-corrected chi connectivity index (χ2v) is 8.26. The number of carbonyl (C=O) groups excluding carboxylic acids is 2. The molecule has 0 unspecified atom stereocenters. The minimum atomic E-state index is -0.182. The molecule has 0 atom stereocenters. The van der Waals surface area contributed by atoms with E-state index in [1.54, 1.807) is 0 Å². The summed E-state index contributed by atoms with van der Waals surface area (Å²) in [6, 6.07) is 11.7. The van der Waals surface area contributed by atoms with Crippen LogP contribution in [0.25, 0.3) is 11.1 Å². The van der Waals surface area contributed by atoms with Gasteiger partial charge in [0.05, 0.1) is 8.96 Å². The molecule has 1 aliphatic rings. The topological polar surface area (TPSA) is 34.1 Å². The highest BCUT2D eigenvalue weighted by Crippen LogP contribution is 2.41. The van der Waals surface area contributed by atoms with Crippen LogP contribution in [0.2, 0.25) is 0 Å². The summed E-state index contributed by atoms with van der Waals surface area (Å²) in [7, 11) is 0. The number of carbonyl (C=O) groups is 2. The van der Waals surface area contributed by atoms with Gasteiger partial charge in [-0.3, -0.25) is 9.59 Å². The molecule has 0 spiro atoms. The zero-order chi connectivity index (χ0) is 19.2. The van der Waals surface area contributed by atoms with Gasteiger partial charge in [0.1, 0.15) is 0 Å². The van der Waals surface area contributed by atoms with Crippen LogP contribution < -0.4 is 0 Å². The summed E-state index contributed by atoms with van der Waals surface area (Å²) in [5.41, 5.74) is 6.53. The number of allylic oxidation sites excluding steroid dienone is 4. The van der Waals surface area contributed by atoms with Crippen molar-refractivity contribution in [1.82, 2.24) is 0 Å². The van der Waals surface area contributed by atoms with Gasteiger partial charge in [0.2, 0.25) is 11.6 Å². The second-order valence-electron chi connectivity index (χ2n) is 6.67. The number of rotatable bonds is 2. The average Bonchev–Trinajstić information content (AvgIpc) is 2.57. The third-order valence-electron chi connectivity index (χ3n) is 4.59. The molecule has 0 N–H and O–H groups in total. The maximum Gasteiger partial charge on any atom is 0.202 e. The summed E-state index contributed by atoms with van der Waals surface area (Å²) in [6.45, 7) is 7.90.